The number of nitro benzene ring substituents is 1. The molecule has 0 atom stereocenters. The minimum Gasteiger partial charge on any atom is -0.368 e. The topological polar surface area (TPSA) is 113 Å². The molecular weight excluding hydrogens is 463 g/mol. The van der Waals surface area contributed by atoms with Gasteiger partial charge >= 0.3 is 0 Å². The van der Waals surface area contributed by atoms with Gasteiger partial charge in [0, 0.05) is 55.2 Å². The highest BCUT2D eigenvalue weighted by Crippen LogP contribution is 2.22. The average molecular weight is 485 g/mol. The molecule has 0 saturated carbocycles. The van der Waals surface area contributed by atoms with Gasteiger partial charge < -0.3 is 9.80 Å². The fraction of sp³-hybridized carbons (Fsp3) is 0.174. The molecule has 11 heteroatoms. The van der Waals surface area contributed by atoms with Crippen molar-refractivity contribution in [3.05, 3.63) is 94.3 Å². The average Bonchev–Trinajstić information content (AvgIpc) is 2.85. The second-order valence-corrected chi connectivity index (χ2v) is 9.37. The Morgan fingerprint density at radius 2 is 1.47 bits per heavy atom. The molecular formula is C23H21FN4O5S. The summed E-state index contributed by atoms with van der Waals surface area (Å²) in [7, 11) is -3.89. The van der Waals surface area contributed by atoms with Gasteiger partial charge in [-0.05, 0) is 60.7 Å². The fourth-order valence-corrected chi connectivity index (χ4v) is 4.70. The number of benzene rings is 3. The molecule has 3 aromatic carbocycles. The third kappa shape index (κ3) is 5.15. The van der Waals surface area contributed by atoms with E-state index in [-0.39, 0.29) is 22.2 Å². The van der Waals surface area contributed by atoms with Crippen LogP contribution in [0.1, 0.15) is 10.4 Å². The van der Waals surface area contributed by atoms with Crippen LogP contribution >= 0.6 is 0 Å². The summed E-state index contributed by atoms with van der Waals surface area (Å²) < 4.78 is 40.5. The van der Waals surface area contributed by atoms with Crippen LogP contribution in [0, 0.1) is 15.9 Å². The maximum Gasteiger partial charge on any atom is 0.269 e. The summed E-state index contributed by atoms with van der Waals surface area (Å²) in [6, 6.07) is 16.9. The van der Waals surface area contributed by atoms with Gasteiger partial charge in [0.1, 0.15) is 5.82 Å². The molecule has 1 fully saturated rings. The first kappa shape index (κ1) is 23.2. The first-order chi connectivity index (χ1) is 16.2. The highest BCUT2D eigenvalue weighted by molar-refractivity contribution is 7.92. The normalized spacial score (nSPS) is 14.0. The number of carbonyl (C=O) groups excluding carboxylic acids is 1. The van der Waals surface area contributed by atoms with Gasteiger partial charge in [0.15, 0.2) is 0 Å². The monoisotopic (exact) mass is 484 g/mol. The summed E-state index contributed by atoms with van der Waals surface area (Å²) in [6.07, 6.45) is 0. The van der Waals surface area contributed by atoms with Gasteiger partial charge in [-0.1, -0.05) is 0 Å². The molecule has 0 aliphatic carbocycles. The van der Waals surface area contributed by atoms with Crippen molar-refractivity contribution in [3.63, 3.8) is 0 Å². The Kier molecular flexibility index (Phi) is 6.46. The number of hydrogen-bond acceptors (Lipinski definition) is 6. The number of hydrogen-bond donors (Lipinski definition) is 1. The Morgan fingerprint density at radius 3 is 2.03 bits per heavy atom. The van der Waals surface area contributed by atoms with E-state index in [0.717, 1.165) is 17.8 Å². The molecule has 0 radical (unpaired) electrons. The zero-order valence-electron chi connectivity index (χ0n) is 17.9. The number of nitrogens with zero attached hydrogens (tertiary/aromatic N) is 3. The minimum absolute atomic E-state index is 0.0173. The number of amides is 1. The summed E-state index contributed by atoms with van der Waals surface area (Å²) in [5.74, 6) is -0.682. The van der Waals surface area contributed by atoms with Crippen molar-refractivity contribution in [2.24, 2.45) is 0 Å². The molecule has 34 heavy (non-hydrogen) atoms. The molecule has 0 bridgehead atoms. The molecule has 1 aliphatic rings. The standard InChI is InChI=1S/C23H21FN4O5S/c24-18-3-5-19(6-4-18)25-34(32,33)22-11-1-17(2-12-22)23(29)27-15-13-26(14-16-27)20-7-9-21(10-8-20)28(30)31/h1-12,25H,13-16H2. The summed E-state index contributed by atoms with van der Waals surface area (Å²) in [5.41, 5.74) is 1.47. The third-order valence-corrected chi connectivity index (χ3v) is 6.90. The molecule has 0 aromatic heterocycles. The van der Waals surface area contributed by atoms with Crippen LogP contribution in [0.15, 0.2) is 77.7 Å². The van der Waals surface area contributed by atoms with Gasteiger partial charge in [0.05, 0.1) is 9.82 Å². The van der Waals surface area contributed by atoms with Crippen molar-refractivity contribution in [1.29, 1.82) is 0 Å². The van der Waals surface area contributed by atoms with Gasteiger partial charge in [-0.25, -0.2) is 12.8 Å². The lowest BCUT2D eigenvalue weighted by molar-refractivity contribution is -0.384. The van der Waals surface area contributed by atoms with Crippen molar-refractivity contribution in [2.45, 2.75) is 4.90 Å². The van der Waals surface area contributed by atoms with Crippen LogP contribution in [0.3, 0.4) is 0 Å². The highest BCUT2D eigenvalue weighted by atomic mass is 32.2. The van der Waals surface area contributed by atoms with Crippen molar-refractivity contribution >= 4 is 33.0 Å². The number of sulfonamides is 1. The molecule has 1 heterocycles. The van der Waals surface area contributed by atoms with E-state index in [2.05, 4.69) is 4.72 Å². The number of piperazine rings is 1. The summed E-state index contributed by atoms with van der Waals surface area (Å²) >= 11 is 0. The maximum atomic E-state index is 13.0. The highest BCUT2D eigenvalue weighted by Gasteiger charge is 2.23. The van der Waals surface area contributed by atoms with E-state index in [1.807, 2.05) is 4.90 Å². The number of anilines is 2. The molecule has 1 N–H and O–H groups in total. The van der Waals surface area contributed by atoms with E-state index in [4.69, 9.17) is 0 Å². The Bertz CT molecular complexity index is 1290. The molecule has 176 valence electrons. The summed E-state index contributed by atoms with van der Waals surface area (Å²) in [5, 5.41) is 10.8. The van der Waals surface area contributed by atoms with Gasteiger partial charge in [-0.15, -0.1) is 0 Å². The Hall–Kier alpha value is -3.99. The first-order valence-electron chi connectivity index (χ1n) is 10.4. The lowest BCUT2D eigenvalue weighted by Crippen LogP contribution is -2.48. The lowest BCUT2D eigenvalue weighted by atomic mass is 10.1. The van der Waals surface area contributed by atoms with Gasteiger partial charge in [0.2, 0.25) is 0 Å². The molecule has 4 rings (SSSR count). The molecule has 1 amide bonds. The van der Waals surface area contributed by atoms with E-state index >= 15 is 0 Å². The molecule has 0 spiro atoms. The van der Waals surface area contributed by atoms with Crippen molar-refractivity contribution < 1.29 is 22.5 Å². The van der Waals surface area contributed by atoms with Crippen LogP contribution < -0.4 is 9.62 Å². The molecule has 3 aromatic rings. The number of carbonyl (C=O) groups is 1. The van der Waals surface area contributed by atoms with E-state index < -0.39 is 20.8 Å². The van der Waals surface area contributed by atoms with E-state index in [1.54, 1.807) is 17.0 Å². The lowest BCUT2D eigenvalue weighted by Gasteiger charge is -2.36. The van der Waals surface area contributed by atoms with E-state index in [0.29, 0.717) is 31.7 Å². The summed E-state index contributed by atoms with van der Waals surface area (Å²) in [6.45, 7) is 2.05. The quantitative estimate of drug-likeness (QED) is 0.423. The fourth-order valence-electron chi connectivity index (χ4n) is 3.64. The second kappa shape index (κ2) is 9.48. The number of non-ortho nitro benzene ring substituents is 1. The Labute approximate surface area is 195 Å². The van der Waals surface area contributed by atoms with Gasteiger partial charge in [-0.3, -0.25) is 19.6 Å². The van der Waals surface area contributed by atoms with Crippen LogP contribution in [0.2, 0.25) is 0 Å². The number of rotatable bonds is 6. The van der Waals surface area contributed by atoms with Gasteiger partial charge in [-0.2, -0.15) is 0 Å². The maximum absolute atomic E-state index is 13.0. The number of nitrogens with one attached hydrogen (secondary N) is 1. The summed E-state index contributed by atoms with van der Waals surface area (Å²) in [4.78, 5) is 27.0. The van der Waals surface area contributed by atoms with Crippen LogP contribution in [0.25, 0.3) is 0 Å². The number of nitro groups is 1. The minimum atomic E-state index is -3.89. The number of halogens is 1. The second-order valence-electron chi connectivity index (χ2n) is 7.69. The Morgan fingerprint density at radius 1 is 0.882 bits per heavy atom. The van der Waals surface area contributed by atoms with Crippen molar-refractivity contribution in [1.82, 2.24) is 4.90 Å². The zero-order chi connectivity index (χ0) is 24.3. The van der Waals surface area contributed by atoms with Crippen LogP contribution in [0.5, 0.6) is 0 Å². The van der Waals surface area contributed by atoms with Crippen LogP contribution in [0.4, 0.5) is 21.5 Å². The first-order valence-corrected chi connectivity index (χ1v) is 11.9. The predicted octanol–water partition coefficient (Wildman–Crippen LogP) is 3.50. The third-order valence-electron chi connectivity index (χ3n) is 5.50. The molecule has 1 aliphatic heterocycles. The van der Waals surface area contributed by atoms with Crippen LogP contribution in [-0.2, 0) is 10.0 Å². The van der Waals surface area contributed by atoms with Crippen LogP contribution in [-0.4, -0.2) is 50.3 Å². The van der Waals surface area contributed by atoms with Crippen molar-refractivity contribution in [2.75, 3.05) is 35.8 Å². The molecule has 0 unspecified atom stereocenters. The van der Waals surface area contributed by atoms with Gasteiger partial charge in [0.25, 0.3) is 21.6 Å². The molecule has 9 nitrogen and oxygen atoms in total. The Balaban J connectivity index is 1.37. The van der Waals surface area contributed by atoms with Crippen molar-refractivity contribution in [3.8, 4) is 0 Å². The zero-order valence-corrected chi connectivity index (χ0v) is 18.7. The predicted molar refractivity (Wildman–Crippen MR) is 125 cm³/mol. The smallest absolute Gasteiger partial charge is 0.269 e. The molecule has 1 saturated heterocycles. The SMILES string of the molecule is O=C(c1ccc(S(=O)(=O)Nc2ccc(F)cc2)cc1)N1CCN(c2ccc([N+](=O)[O-])cc2)CC1. The van der Waals surface area contributed by atoms with E-state index in [1.165, 1.54) is 48.5 Å². The van der Waals surface area contributed by atoms with E-state index in [9.17, 15) is 27.7 Å². The largest absolute Gasteiger partial charge is 0.368 e.